The first-order valence-electron chi connectivity index (χ1n) is 6.37. The van der Waals surface area contributed by atoms with Crippen LogP contribution >= 0.6 is 0 Å². The molecule has 0 amide bonds. The number of benzene rings is 1. The second-order valence-corrected chi connectivity index (χ2v) is 4.53. The number of anilines is 1. The van der Waals surface area contributed by atoms with Gasteiger partial charge in [-0.2, -0.15) is 0 Å². The van der Waals surface area contributed by atoms with E-state index in [-0.39, 0.29) is 0 Å². The maximum atomic E-state index is 5.48. The Morgan fingerprint density at radius 1 is 1.33 bits per heavy atom. The molecule has 0 radical (unpaired) electrons. The van der Waals surface area contributed by atoms with Gasteiger partial charge >= 0.3 is 0 Å². The summed E-state index contributed by atoms with van der Waals surface area (Å²) < 4.78 is 16.0. The Hall–Kier alpha value is -1.42. The molecule has 1 atom stereocenters. The van der Waals surface area contributed by atoms with E-state index in [1.165, 1.54) is 6.42 Å². The molecule has 4 heteroatoms. The van der Waals surface area contributed by atoms with Crippen LogP contribution in [-0.2, 0) is 4.74 Å². The summed E-state index contributed by atoms with van der Waals surface area (Å²) in [6.07, 6.45) is 2.38. The van der Waals surface area contributed by atoms with Crippen molar-refractivity contribution in [3.05, 3.63) is 18.2 Å². The van der Waals surface area contributed by atoms with Crippen LogP contribution in [0.25, 0.3) is 0 Å². The van der Waals surface area contributed by atoms with Gasteiger partial charge in [0.05, 0.1) is 26.5 Å². The summed E-state index contributed by atoms with van der Waals surface area (Å²) in [6.45, 7) is 2.65. The molecule has 4 nitrogen and oxygen atoms in total. The van der Waals surface area contributed by atoms with Gasteiger partial charge in [-0.1, -0.05) is 0 Å². The molecule has 1 aromatic carbocycles. The SMILES string of the molecule is COc1ccc(OC)c(NCC2CCCOC2)c1. The van der Waals surface area contributed by atoms with Crippen molar-refractivity contribution < 1.29 is 14.2 Å². The summed E-state index contributed by atoms with van der Waals surface area (Å²) >= 11 is 0. The molecule has 1 saturated heterocycles. The van der Waals surface area contributed by atoms with E-state index in [2.05, 4.69) is 5.32 Å². The lowest BCUT2D eigenvalue weighted by atomic mass is 10.0. The highest BCUT2D eigenvalue weighted by Gasteiger charge is 2.14. The molecule has 2 rings (SSSR count). The van der Waals surface area contributed by atoms with Crippen molar-refractivity contribution in [3.8, 4) is 11.5 Å². The van der Waals surface area contributed by atoms with Gasteiger partial charge in [-0.15, -0.1) is 0 Å². The molecule has 1 heterocycles. The van der Waals surface area contributed by atoms with Crippen molar-refractivity contribution >= 4 is 5.69 Å². The average molecular weight is 251 g/mol. The maximum absolute atomic E-state index is 5.48. The van der Waals surface area contributed by atoms with E-state index in [1.54, 1.807) is 14.2 Å². The van der Waals surface area contributed by atoms with E-state index in [1.807, 2.05) is 18.2 Å². The van der Waals surface area contributed by atoms with Crippen LogP contribution < -0.4 is 14.8 Å². The Bertz CT molecular complexity index is 375. The minimum absolute atomic E-state index is 0.578. The van der Waals surface area contributed by atoms with E-state index in [4.69, 9.17) is 14.2 Å². The zero-order valence-corrected chi connectivity index (χ0v) is 11.1. The molecular weight excluding hydrogens is 230 g/mol. The third-order valence-corrected chi connectivity index (χ3v) is 3.24. The van der Waals surface area contributed by atoms with Crippen LogP contribution in [0.5, 0.6) is 11.5 Å². The van der Waals surface area contributed by atoms with Crippen LogP contribution in [-0.4, -0.2) is 34.0 Å². The van der Waals surface area contributed by atoms with Gasteiger partial charge in [-0.25, -0.2) is 0 Å². The minimum atomic E-state index is 0.578. The molecule has 0 bridgehead atoms. The lowest BCUT2D eigenvalue weighted by molar-refractivity contribution is 0.0595. The molecule has 0 aliphatic carbocycles. The highest BCUT2D eigenvalue weighted by atomic mass is 16.5. The summed E-state index contributed by atoms with van der Waals surface area (Å²) in [4.78, 5) is 0. The molecule has 0 spiro atoms. The van der Waals surface area contributed by atoms with Crippen molar-refractivity contribution in [1.29, 1.82) is 0 Å². The highest BCUT2D eigenvalue weighted by molar-refractivity contribution is 5.59. The largest absolute Gasteiger partial charge is 0.497 e. The molecule has 1 aliphatic rings. The Labute approximate surface area is 108 Å². The fourth-order valence-electron chi connectivity index (χ4n) is 2.17. The van der Waals surface area contributed by atoms with E-state index >= 15 is 0 Å². The first-order chi connectivity index (χ1) is 8.83. The van der Waals surface area contributed by atoms with Gasteiger partial charge < -0.3 is 19.5 Å². The second-order valence-electron chi connectivity index (χ2n) is 4.53. The Morgan fingerprint density at radius 2 is 2.22 bits per heavy atom. The van der Waals surface area contributed by atoms with Gasteiger partial charge in [0, 0.05) is 19.2 Å². The van der Waals surface area contributed by atoms with E-state index in [0.717, 1.165) is 43.4 Å². The fraction of sp³-hybridized carbons (Fsp3) is 0.571. The van der Waals surface area contributed by atoms with Crippen molar-refractivity contribution in [2.75, 3.05) is 39.3 Å². The van der Waals surface area contributed by atoms with Crippen LogP contribution in [0.3, 0.4) is 0 Å². The zero-order valence-electron chi connectivity index (χ0n) is 11.1. The first kappa shape index (κ1) is 13.0. The molecule has 0 saturated carbocycles. The van der Waals surface area contributed by atoms with Gasteiger partial charge in [0.25, 0.3) is 0 Å². The van der Waals surface area contributed by atoms with Gasteiger partial charge in [0.15, 0.2) is 0 Å². The van der Waals surface area contributed by atoms with Crippen LogP contribution in [0.4, 0.5) is 5.69 Å². The minimum Gasteiger partial charge on any atom is -0.497 e. The number of methoxy groups -OCH3 is 2. The smallest absolute Gasteiger partial charge is 0.142 e. The Kier molecular flexibility index (Phi) is 4.70. The van der Waals surface area contributed by atoms with E-state index in [9.17, 15) is 0 Å². The van der Waals surface area contributed by atoms with E-state index in [0.29, 0.717) is 5.92 Å². The van der Waals surface area contributed by atoms with E-state index < -0.39 is 0 Å². The summed E-state index contributed by atoms with van der Waals surface area (Å²) in [7, 11) is 3.34. The topological polar surface area (TPSA) is 39.7 Å². The highest BCUT2D eigenvalue weighted by Crippen LogP contribution is 2.29. The van der Waals surface area contributed by atoms with Crippen molar-refractivity contribution in [1.82, 2.24) is 0 Å². The summed E-state index contributed by atoms with van der Waals surface area (Å²) in [5.74, 6) is 2.25. The fourth-order valence-corrected chi connectivity index (χ4v) is 2.17. The molecule has 1 fully saturated rings. The van der Waals surface area contributed by atoms with Crippen LogP contribution in [0, 0.1) is 5.92 Å². The number of ether oxygens (including phenoxy) is 3. The van der Waals surface area contributed by atoms with Crippen LogP contribution in [0.1, 0.15) is 12.8 Å². The first-order valence-corrected chi connectivity index (χ1v) is 6.37. The molecule has 100 valence electrons. The van der Waals surface area contributed by atoms with Gasteiger partial charge in [-0.05, 0) is 30.9 Å². The molecule has 1 N–H and O–H groups in total. The number of hydrogen-bond acceptors (Lipinski definition) is 4. The predicted octanol–water partition coefficient (Wildman–Crippen LogP) is 2.54. The monoisotopic (exact) mass is 251 g/mol. The maximum Gasteiger partial charge on any atom is 0.142 e. The summed E-state index contributed by atoms with van der Waals surface area (Å²) in [5.41, 5.74) is 0.974. The quantitative estimate of drug-likeness (QED) is 0.873. The third kappa shape index (κ3) is 3.29. The summed E-state index contributed by atoms with van der Waals surface area (Å²) in [6, 6.07) is 5.77. The zero-order chi connectivity index (χ0) is 12.8. The lowest BCUT2D eigenvalue weighted by Crippen LogP contribution is -2.24. The molecule has 18 heavy (non-hydrogen) atoms. The Balaban J connectivity index is 1.97. The third-order valence-electron chi connectivity index (χ3n) is 3.24. The summed E-state index contributed by atoms with van der Waals surface area (Å²) in [5, 5.41) is 3.42. The lowest BCUT2D eigenvalue weighted by Gasteiger charge is -2.23. The number of hydrogen-bond donors (Lipinski definition) is 1. The predicted molar refractivity (Wildman–Crippen MR) is 71.6 cm³/mol. The van der Waals surface area contributed by atoms with Crippen molar-refractivity contribution in [2.45, 2.75) is 12.8 Å². The van der Waals surface area contributed by atoms with Gasteiger partial charge in [0.1, 0.15) is 11.5 Å². The Morgan fingerprint density at radius 3 is 2.89 bits per heavy atom. The molecule has 0 aromatic heterocycles. The second kappa shape index (κ2) is 6.50. The number of nitrogens with one attached hydrogen (secondary N) is 1. The van der Waals surface area contributed by atoms with Crippen LogP contribution in [0.15, 0.2) is 18.2 Å². The average Bonchev–Trinajstić information content (AvgIpc) is 2.45. The molecular formula is C14H21NO3. The molecule has 1 aromatic rings. The molecule has 1 unspecified atom stereocenters. The van der Waals surface area contributed by atoms with Gasteiger partial charge in [-0.3, -0.25) is 0 Å². The van der Waals surface area contributed by atoms with Crippen molar-refractivity contribution in [3.63, 3.8) is 0 Å². The number of rotatable bonds is 5. The standard InChI is InChI=1S/C14H21NO3/c1-16-12-5-6-14(17-2)13(8-12)15-9-11-4-3-7-18-10-11/h5-6,8,11,15H,3-4,7,9-10H2,1-2H3. The van der Waals surface area contributed by atoms with Crippen LogP contribution in [0.2, 0.25) is 0 Å². The molecule has 1 aliphatic heterocycles. The van der Waals surface area contributed by atoms with Gasteiger partial charge in [0.2, 0.25) is 0 Å². The van der Waals surface area contributed by atoms with Crippen molar-refractivity contribution in [2.24, 2.45) is 5.92 Å². The normalized spacial score (nSPS) is 19.3.